The minimum Gasteiger partial charge on any atom is -0.320 e. The lowest BCUT2D eigenvalue weighted by atomic mass is 9.82. The van der Waals surface area contributed by atoms with E-state index in [0.29, 0.717) is 21.7 Å². The number of hydrogen-bond donors (Lipinski definition) is 1. The lowest BCUT2D eigenvalue weighted by molar-refractivity contribution is -0.112. The molecule has 1 N–H and O–H groups in total. The summed E-state index contributed by atoms with van der Waals surface area (Å²) in [4.78, 5) is 12.3. The number of rotatable bonds is 3. The van der Waals surface area contributed by atoms with E-state index in [4.69, 9.17) is 23.2 Å². The second-order valence-electron chi connectivity index (χ2n) is 5.52. The fourth-order valence-electron chi connectivity index (χ4n) is 2.75. The third kappa shape index (κ3) is 4.03. The van der Waals surface area contributed by atoms with Crippen LogP contribution in [0.2, 0.25) is 10.0 Å². The van der Waals surface area contributed by atoms with Gasteiger partial charge in [0.2, 0.25) is 0 Å². The highest BCUT2D eigenvalue weighted by molar-refractivity contribution is 6.36. The number of hydrogen-bond acceptors (Lipinski definition) is 2. The summed E-state index contributed by atoms with van der Waals surface area (Å²) in [5.41, 5.74) is 1.64. The number of carbonyl (C=O) groups excluding carboxylic acids is 1. The Balaban J connectivity index is 2.14. The molecule has 2 rings (SSSR count). The molecule has 0 atom stereocenters. The number of nitrogens with zero attached hydrogens (tertiary/aromatic N) is 1. The molecule has 1 amide bonds. The summed E-state index contributed by atoms with van der Waals surface area (Å²) in [5.74, 6) is 0.314. The molecule has 1 saturated carbocycles. The Morgan fingerprint density at radius 2 is 2.05 bits per heavy atom. The predicted octanol–water partition coefficient (Wildman–Crippen LogP) is 5.35. The Hall–Kier alpha value is -1.50. The van der Waals surface area contributed by atoms with Crippen LogP contribution in [0.3, 0.4) is 0 Å². The number of halogens is 2. The van der Waals surface area contributed by atoms with Crippen LogP contribution in [0.25, 0.3) is 0 Å². The van der Waals surface area contributed by atoms with Crippen molar-refractivity contribution in [1.29, 1.82) is 5.26 Å². The van der Waals surface area contributed by atoms with Crippen molar-refractivity contribution in [3.05, 3.63) is 39.4 Å². The molecule has 0 radical (unpaired) electrons. The summed E-state index contributed by atoms with van der Waals surface area (Å²) in [6.07, 6.45) is 4.89. The quantitative estimate of drug-likeness (QED) is 0.597. The van der Waals surface area contributed by atoms with Gasteiger partial charge in [-0.2, -0.15) is 5.26 Å². The molecule has 1 aliphatic rings. The van der Waals surface area contributed by atoms with Gasteiger partial charge in [0, 0.05) is 5.02 Å². The molecule has 0 heterocycles. The molecule has 0 spiro atoms. The summed E-state index contributed by atoms with van der Waals surface area (Å²) >= 11 is 11.9. The Morgan fingerprint density at radius 3 is 2.59 bits per heavy atom. The molecule has 5 heteroatoms. The summed E-state index contributed by atoms with van der Waals surface area (Å²) < 4.78 is 0. The van der Waals surface area contributed by atoms with Crippen molar-refractivity contribution in [3.63, 3.8) is 0 Å². The molecule has 116 valence electrons. The van der Waals surface area contributed by atoms with Gasteiger partial charge < -0.3 is 5.32 Å². The summed E-state index contributed by atoms with van der Waals surface area (Å²) in [6.45, 7) is 2.18. The monoisotopic (exact) mass is 336 g/mol. The second-order valence-corrected chi connectivity index (χ2v) is 6.36. The van der Waals surface area contributed by atoms with Crippen molar-refractivity contribution >= 4 is 34.8 Å². The van der Waals surface area contributed by atoms with Gasteiger partial charge in [0.1, 0.15) is 11.6 Å². The molecule has 0 saturated heterocycles. The molecule has 1 aliphatic carbocycles. The summed E-state index contributed by atoms with van der Waals surface area (Å²) in [5, 5.41) is 12.9. The highest BCUT2D eigenvalue weighted by Crippen LogP contribution is 2.32. The van der Waals surface area contributed by atoms with E-state index in [0.717, 1.165) is 37.7 Å². The van der Waals surface area contributed by atoms with Gasteiger partial charge in [0.15, 0.2) is 0 Å². The molecule has 0 aromatic heterocycles. The zero-order chi connectivity index (χ0) is 16.1. The minimum absolute atomic E-state index is 0.223. The topological polar surface area (TPSA) is 52.9 Å². The van der Waals surface area contributed by atoms with Crippen LogP contribution in [0.5, 0.6) is 0 Å². The second kappa shape index (κ2) is 7.67. The number of nitrogens with one attached hydrogen (secondary N) is 1. The first-order chi connectivity index (χ1) is 10.5. The van der Waals surface area contributed by atoms with Gasteiger partial charge in [-0.05, 0) is 55.4 Å². The van der Waals surface area contributed by atoms with Crippen LogP contribution >= 0.6 is 23.2 Å². The number of carbonyl (C=O) groups is 1. The van der Waals surface area contributed by atoms with Crippen molar-refractivity contribution in [3.8, 4) is 6.07 Å². The number of nitriles is 1. The smallest absolute Gasteiger partial charge is 0.266 e. The normalized spacial score (nSPS) is 17.7. The fourth-order valence-corrected chi connectivity index (χ4v) is 3.21. The van der Waals surface area contributed by atoms with Crippen molar-refractivity contribution in [1.82, 2.24) is 0 Å². The maximum Gasteiger partial charge on any atom is 0.266 e. The van der Waals surface area contributed by atoms with Crippen molar-refractivity contribution in [2.75, 3.05) is 5.32 Å². The van der Waals surface area contributed by atoms with Crippen LogP contribution in [0.15, 0.2) is 29.3 Å². The lowest BCUT2D eigenvalue weighted by Crippen LogP contribution is -2.18. The van der Waals surface area contributed by atoms with Crippen LogP contribution in [-0.2, 0) is 4.79 Å². The molecular weight excluding hydrogens is 319 g/mol. The van der Waals surface area contributed by atoms with E-state index in [9.17, 15) is 10.1 Å². The van der Waals surface area contributed by atoms with E-state index in [1.807, 2.05) is 0 Å². The molecule has 0 bridgehead atoms. The Morgan fingerprint density at radius 1 is 1.36 bits per heavy atom. The lowest BCUT2D eigenvalue weighted by Gasteiger charge is -2.23. The van der Waals surface area contributed by atoms with Crippen molar-refractivity contribution < 1.29 is 4.79 Å². The Labute approximate surface area is 140 Å². The van der Waals surface area contributed by atoms with Gasteiger partial charge in [-0.3, -0.25) is 4.79 Å². The third-order valence-corrected chi connectivity index (χ3v) is 4.71. The van der Waals surface area contributed by atoms with E-state index >= 15 is 0 Å². The van der Waals surface area contributed by atoms with Gasteiger partial charge in [-0.15, -0.1) is 0 Å². The molecule has 0 aliphatic heterocycles. The van der Waals surface area contributed by atoms with Gasteiger partial charge >= 0.3 is 0 Å². The van der Waals surface area contributed by atoms with Crippen LogP contribution in [-0.4, -0.2) is 5.91 Å². The molecule has 22 heavy (non-hydrogen) atoms. The van der Waals surface area contributed by atoms with Gasteiger partial charge in [-0.25, -0.2) is 0 Å². The van der Waals surface area contributed by atoms with Gasteiger partial charge in [-0.1, -0.05) is 36.5 Å². The first kappa shape index (κ1) is 16.9. The molecule has 3 nitrogen and oxygen atoms in total. The van der Waals surface area contributed by atoms with Gasteiger partial charge in [0.05, 0.1) is 10.7 Å². The minimum atomic E-state index is -0.392. The largest absolute Gasteiger partial charge is 0.320 e. The average molecular weight is 337 g/mol. The zero-order valence-corrected chi connectivity index (χ0v) is 14.0. The first-order valence-corrected chi connectivity index (χ1v) is 8.19. The van der Waals surface area contributed by atoms with E-state index in [1.165, 1.54) is 0 Å². The Bertz CT molecular complexity index is 637. The highest BCUT2D eigenvalue weighted by atomic mass is 35.5. The van der Waals surface area contributed by atoms with Crippen LogP contribution < -0.4 is 5.32 Å². The standard InChI is InChI=1S/C17H18Cl2N2O/c1-2-11-3-5-12(6-4-11)14(10-20)17(22)21-16-8-7-13(18)9-15(16)19/h7-9,11H,2-6H2,1H3,(H,21,22). The Kier molecular flexibility index (Phi) is 5.88. The van der Waals surface area contributed by atoms with Crippen molar-refractivity contribution in [2.45, 2.75) is 39.0 Å². The molecule has 1 aromatic carbocycles. The van der Waals surface area contributed by atoms with E-state index in [1.54, 1.807) is 18.2 Å². The molecule has 1 aromatic rings. The highest BCUT2D eigenvalue weighted by Gasteiger charge is 2.21. The van der Waals surface area contributed by atoms with E-state index in [-0.39, 0.29) is 5.57 Å². The number of amides is 1. The SMILES string of the molecule is CCC1CCC(=C(C#N)C(=O)Nc2ccc(Cl)cc2Cl)CC1. The van der Waals surface area contributed by atoms with E-state index in [2.05, 4.69) is 18.3 Å². The summed E-state index contributed by atoms with van der Waals surface area (Å²) in [7, 11) is 0. The zero-order valence-electron chi connectivity index (χ0n) is 12.5. The first-order valence-electron chi connectivity index (χ1n) is 7.43. The molecule has 1 fully saturated rings. The fraction of sp³-hybridized carbons (Fsp3) is 0.412. The van der Waals surface area contributed by atoms with Crippen molar-refractivity contribution in [2.24, 2.45) is 5.92 Å². The third-order valence-electron chi connectivity index (χ3n) is 4.16. The molecular formula is C17H18Cl2N2O. The van der Waals surface area contributed by atoms with E-state index < -0.39 is 5.91 Å². The van der Waals surface area contributed by atoms with Crippen LogP contribution in [0.1, 0.15) is 39.0 Å². The van der Waals surface area contributed by atoms with Crippen LogP contribution in [0, 0.1) is 17.2 Å². The maximum atomic E-state index is 12.3. The maximum absolute atomic E-state index is 12.3. The van der Waals surface area contributed by atoms with Gasteiger partial charge in [0.25, 0.3) is 5.91 Å². The summed E-state index contributed by atoms with van der Waals surface area (Å²) in [6, 6.07) is 6.90. The average Bonchev–Trinajstić information content (AvgIpc) is 2.51. The number of allylic oxidation sites excluding steroid dienone is 1. The number of anilines is 1. The number of benzene rings is 1. The predicted molar refractivity (Wildman–Crippen MR) is 90.0 cm³/mol. The molecule has 0 unspecified atom stereocenters. The van der Waals surface area contributed by atoms with Crippen LogP contribution in [0.4, 0.5) is 5.69 Å².